The lowest BCUT2D eigenvalue weighted by Crippen LogP contribution is -2.22. The zero-order chi connectivity index (χ0) is 28.3. The summed E-state index contributed by atoms with van der Waals surface area (Å²) in [5.41, 5.74) is 9.37. The molecule has 40 heavy (non-hydrogen) atoms. The molecule has 4 aromatic rings. The van der Waals surface area contributed by atoms with Crippen LogP contribution in [0.4, 0.5) is 0 Å². The van der Waals surface area contributed by atoms with E-state index in [4.69, 9.17) is 19.7 Å². The van der Waals surface area contributed by atoms with E-state index in [1.54, 1.807) is 0 Å². The quantitative estimate of drug-likeness (QED) is 0.210. The van der Waals surface area contributed by atoms with Crippen LogP contribution >= 0.6 is 0 Å². The molecule has 1 aliphatic heterocycles. The van der Waals surface area contributed by atoms with Crippen LogP contribution in [-0.2, 0) is 26.8 Å². The second-order valence-electron chi connectivity index (χ2n) is 13.2. The number of ether oxygens (including phenoxy) is 2. The molecule has 0 N–H and O–H groups in total. The molecule has 0 bridgehead atoms. The molecule has 5 heteroatoms. The van der Waals surface area contributed by atoms with Crippen molar-refractivity contribution in [3.8, 4) is 22.3 Å². The third kappa shape index (κ3) is 6.64. The average Bonchev–Trinajstić information content (AvgIpc) is 3.36. The second-order valence-corrected chi connectivity index (χ2v) is 13.2. The van der Waals surface area contributed by atoms with Crippen molar-refractivity contribution in [1.82, 2.24) is 15.0 Å². The summed E-state index contributed by atoms with van der Waals surface area (Å²) in [6.45, 7) is 15.8. The van der Waals surface area contributed by atoms with Gasteiger partial charge >= 0.3 is 0 Å². The van der Waals surface area contributed by atoms with Gasteiger partial charge in [0.25, 0.3) is 0 Å². The number of benzene rings is 3. The van der Waals surface area contributed by atoms with Crippen LogP contribution in [0, 0.1) is 0 Å². The van der Waals surface area contributed by atoms with E-state index in [0.717, 1.165) is 61.0 Å². The Balaban J connectivity index is 1.42. The molecule has 1 fully saturated rings. The molecule has 1 aromatic heterocycles. The van der Waals surface area contributed by atoms with Gasteiger partial charge in [0, 0.05) is 24.3 Å². The molecule has 1 saturated heterocycles. The predicted molar refractivity (Wildman–Crippen MR) is 165 cm³/mol. The number of hydrogen-bond donors (Lipinski definition) is 0. The van der Waals surface area contributed by atoms with E-state index in [9.17, 15) is 0 Å². The highest BCUT2D eigenvalue weighted by Gasteiger charge is 2.19. The second kappa shape index (κ2) is 11.8. The first-order valence-electron chi connectivity index (χ1n) is 14.9. The summed E-state index contributed by atoms with van der Waals surface area (Å²) < 4.78 is 11.6. The van der Waals surface area contributed by atoms with Gasteiger partial charge in [0.1, 0.15) is 11.0 Å². The lowest BCUT2D eigenvalue weighted by Gasteiger charge is -2.22. The van der Waals surface area contributed by atoms with Crippen LogP contribution in [0.5, 0.6) is 0 Å². The van der Waals surface area contributed by atoms with Crippen LogP contribution in [0.15, 0.2) is 60.7 Å². The van der Waals surface area contributed by atoms with Crippen molar-refractivity contribution in [3.63, 3.8) is 0 Å². The van der Waals surface area contributed by atoms with Crippen LogP contribution in [0.3, 0.4) is 0 Å². The first-order valence-corrected chi connectivity index (χ1v) is 14.9. The highest BCUT2D eigenvalue weighted by Crippen LogP contribution is 2.35. The van der Waals surface area contributed by atoms with Gasteiger partial charge in [-0.05, 0) is 65.2 Å². The molecular weight excluding hydrogens is 494 g/mol. The largest absolute Gasteiger partial charge is 0.353 e. The van der Waals surface area contributed by atoms with E-state index in [1.165, 1.54) is 28.7 Å². The zero-order valence-corrected chi connectivity index (χ0v) is 25.2. The Morgan fingerprint density at radius 1 is 0.725 bits per heavy atom. The maximum Gasteiger partial charge on any atom is 0.157 e. The molecule has 1 unspecified atom stereocenters. The molecule has 0 aliphatic carbocycles. The van der Waals surface area contributed by atoms with E-state index in [1.807, 2.05) is 4.80 Å². The van der Waals surface area contributed by atoms with Crippen LogP contribution < -0.4 is 0 Å². The topological polar surface area (TPSA) is 49.2 Å². The molecule has 2 heterocycles. The van der Waals surface area contributed by atoms with E-state index in [0.29, 0.717) is 6.61 Å². The first kappa shape index (κ1) is 28.5. The Hall–Kier alpha value is -3.02. The Morgan fingerprint density at radius 2 is 1.25 bits per heavy atom. The van der Waals surface area contributed by atoms with Gasteiger partial charge in [-0.1, -0.05) is 102 Å². The number of rotatable bonds is 8. The summed E-state index contributed by atoms with van der Waals surface area (Å²) in [5, 5.41) is 10.1. The van der Waals surface area contributed by atoms with Crippen molar-refractivity contribution in [2.75, 3.05) is 13.2 Å². The van der Waals surface area contributed by atoms with Crippen molar-refractivity contribution in [1.29, 1.82) is 0 Å². The lowest BCUT2D eigenvalue weighted by molar-refractivity contribution is -0.162. The van der Waals surface area contributed by atoms with E-state index in [-0.39, 0.29) is 17.1 Å². The normalized spacial score (nSPS) is 16.5. The monoisotopic (exact) mass is 539 g/mol. The number of hydrogen-bond acceptors (Lipinski definition) is 4. The van der Waals surface area contributed by atoms with Gasteiger partial charge in [0.05, 0.1) is 6.54 Å². The molecule has 212 valence electrons. The van der Waals surface area contributed by atoms with Crippen molar-refractivity contribution in [2.45, 2.75) is 97.3 Å². The number of fused-ring (bicyclic) bond motifs is 1. The average molecular weight is 540 g/mol. The molecule has 1 aliphatic rings. The zero-order valence-electron chi connectivity index (χ0n) is 25.2. The SMILES string of the molecule is CC(C)(C)c1ccc(-c2ccc(-c3ccc(C(C)(C)C)cc3)c3nn(CCCCOC4CCCCO4)nc23)cc1. The Kier molecular flexibility index (Phi) is 8.44. The lowest BCUT2D eigenvalue weighted by atomic mass is 9.85. The molecule has 0 spiro atoms. The highest BCUT2D eigenvalue weighted by molar-refractivity contribution is 6.00. The van der Waals surface area contributed by atoms with Gasteiger partial charge in [-0.15, -0.1) is 0 Å². The standard InChI is InChI=1S/C35H45N3O2/c1-34(2,3)27-16-12-25(13-17-27)29-20-21-30(26-14-18-28(19-15-26)35(4,5)6)33-32(29)36-38(37-33)22-8-10-24-40-31-11-7-9-23-39-31/h12-21,31H,7-11,22-24H2,1-6H3. The number of aryl methyl sites for hydroxylation is 1. The molecule has 3 aromatic carbocycles. The van der Waals surface area contributed by atoms with E-state index in [2.05, 4.69) is 102 Å². The van der Waals surface area contributed by atoms with Crippen molar-refractivity contribution < 1.29 is 9.47 Å². The van der Waals surface area contributed by atoms with Gasteiger partial charge in [-0.2, -0.15) is 15.0 Å². The molecular formula is C35H45N3O2. The summed E-state index contributed by atoms with van der Waals surface area (Å²) in [5.74, 6) is 0. The maximum absolute atomic E-state index is 5.93. The molecule has 5 nitrogen and oxygen atoms in total. The molecule has 0 amide bonds. The Labute approximate surface area is 239 Å². The Bertz CT molecular complexity index is 1310. The summed E-state index contributed by atoms with van der Waals surface area (Å²) in [4.78, 5) is 1.88. The van der Waals surface area contributed by atoms with Crippen molar-refractivity contribution in [3.05, 3.63) is 71.8 Å². The van der Waals surface area contributed by atoms with Gasteiger partial charge in [-0.25, -0.2) is 0 Å². The fourth-order valence-electron chi connectivity index (χ4n) is 5.31. The Morgan fingerprint density at radius 3 is 1.70 bits per heavy atom. The van der Waals surface area contributed by atoms with Gasteiger partial charge < -0.3 is 9.47 Å². The third-order valence-electron chi connectivity index (χ3n) is 7.90. The van der Waals surface area contributed by atoms with Crippen molar-refractivity contribution in [2.24, 2.45) is 0 Å². The summed E-state index contributed by atoms with van der Waals surface area (Å²) in [7, 11) is 0. The fourth-order valence-corrected chi connectivity index (χ4v) is 5.31. The highest BCUT2D eigenvalue weighted by atomic mass is 16.7. The van der Waals surface area contributed by atoms with Gasteiger partial charge in [-0.3, -0.25) is 0 Å². The number of aromatic nitrogens is 3. The minimum atomic E-state index is -0.0290. The van der Waals surface area contributed by atoms with E-state index >= 15 is 0 Å². The molecule has 0 saturated carbocycles. The van der Waals surface area contributed by atoms with Crippen LogP contribution in [-0.4, -0.2) is 34.5 Å². The van der Waals surface area contributed by atoms with Gasteiger partial charge in [0.15, 0.2) is 6.29 Å². The third-order valence-corrected chi connectivity index (χ3v) is 7.90. The summed E-state index contributed by atoms with van der Waals surface area (Å²) in [6, 6.07) is 22.2. The minimum Gasteiger partial charge on any atom is -0.353 e. The van der Waals surface area contributed by atoms with E-state index < -0.39 is 0 Å². The predicted octanol–water partition coefficient (Wildman–Crippen LogP) is 8.68. The minimum absolute atomic E-state index is 0.0290. The number of nitrogens with zero attached hydrogens (tertiary/aromatic N) is 3. The van der Waals surface area contributed by atoms with Gasteiger partial charge in [0.2, 0.25) is 0 Å². The molecule has 0 radical (unpaired) electrons. The summed E-state index contributed by atoms with van der Waals surface area (Å²) in [6.07, 6.45) is 5.23. The smallest absolute Gasteiger partial charge is 0.157 e. The summed E-state index contributed by atoms with van der Waals surface area (Å²) >= 11 is 0. The van der Waals surface area contributed by atoms with Crippen LogP contribution in [0.2, 0.25) is 0 Å². The van der Waals surface area contributed by atoms with Crippen LogP contribution in [0.25, 0.3) is 33.3 Å². The molecule has 1 atom stereocenters. The molecule has 5 rings (SSSR count). The first-order chi connectivity index (χ1) is 19.1. The maximum atomic E-state index is 5.93. The number of unbranched alkanes of at least 4 members (excludes halogenated alkanes) is 1. The van der Waals surface area contributed by atoms with Crippen molar-refractivity contribution >= 4 is 11.0 Å². The van der Waals surface area contributed by atoms with Crippen LogP contribution in [0.1, 0.15) is 84.8 Å². The fraction of sp³-hybridized carbons (Fsp3) is 0.486.